The van der Waals surface area contributed by atoms with Crippen LogP contribution in [0.1, 0.15) is 30.0 Å². The monoisotopic (exact) mass is 278 g/mol. The van der Waals surface area contributed by atoms with E-state index >= 15 is 0 Å². The molecule has 1 heterocycles. The van der Waals surface area contributed by atoms with Gasteiger partial charge in [-0.3, -0.25) is 0 Å². The molecule has 2 aromatic rings. The lowest BCUT2D eigenvalue weighted by atomic mass is 10.1. The maximum atomic E-state index is 5.59. The molecule has 2 nitrogen and oxygen atoms in total. The molecule has 0 atom stereocenters. The van der Waals surface area contributed by atoms with Crippen molar-refractivity contribution >= 4 is 23.1 Å². The van der Waals surface area contributed by atoms with E-state index in [2.05, 4.69) is 37.0 Å². The first-order valence-corrected chi connectivity index (χ1v) is 7.84. The molecule has 1 aromatic carbocycles. The highest BCUT2D eigenvalue weighted by molar-refractivity contribution is 8.01. The van der Waals surface area contributed by atoms with E-state index in [0.29, 0.717) is 6.54 Å². The van der Waals surface area contributed by atoms with Gasteiger partial charge in [0.15, 0.2) is 0 Å². The Kier molecular flexibility index (Phi) is 4.80. The van der Waals surface area contributed by atoms with Gasteiger partial charge in [-0.05, 0) is 36.1 Å². The first-order valence-electron chi connectivity index (χ1n) is 6.20. The number of nitrogens with zero attached hydrogens (tertiary/aromatic N) is 1. The summed E-state index contributed by atoms with van der Waals surface area (Å²) in [5.74, 6) is 0. The fraction of sp³-hybridized carbons (Fsp3) is 0.357. The van der Waals surface area contributed by atoms with E-state index in [9.17, 15) is 0 Å². The summed E-state index contributed by atoms with van der Waals surface area (Å²) in [6.07, 6.45) is 4.08. The molecule has 2 rings (SSSR count). The summed E-state index contributed by atoms with van der Waals surface area (Å²) in [6.45, 7) is 4.92. The van der Waals surface area contributed by atoms with Crippen LogP contribution >= 0.6 is 23.1 Å². The van der Waals surface area contributed by atoms with E-state index in [1.165, 1.54) is 20.2 Å². The minimum absolute atomic E-state index is 0.528. The minimum atomic E-state index is 0.528. The highest BCUT2D eigenvalue weighted by atomic mass is 32.2. The molecule has 96 valence electrons. The normalized spacial score (nSPS) is 10.8. The SMILES string of the molecule is CCc1cc(CC)cc(Sc2cnc(CN)s2)c1. The average Bonchev–Trinajstić information content (AvgIpc) is 2.85. The number of nitrogens with two attached hydrogens (primary N) is 1. The molecule has 0 saturated heterocycles. The predicted octanol–water partition coefficient (Wildman–Crippen LogP) is 3.88. The fourth-order valence-corrected chi connectivity index (χ4v) is 3.78. The maximum Gasteiger partial charge on any atom is 0.107 e. The summed E-state index contributed by atoms with van der Waals surface area (Å²) >= 11 is 3.46. The molecule has 0 bridgehead atoms. The summed E-state index contributed by atoms with van der Waals surface area (Å²) in [5, 5.41) is 1.000. The van der Waals surface area contributed by atoms with Crippen LogP contribution in [0.25, 0.3) is 0 Å². The second kappa shape index (κ2) is 6.36. The van der Waals surface area contributed by atoms with Crippen LogP contribution in [0.5, 0.6) is 0 Å². The van der Waals surface area contributed by atoms with Gasteiger partial charge in [0.1, 0.15) is 5.01 Å². The van der Waals surface area contributed by atoms with Gasteiger partial charge < -0.3 is 5.73 Å². The zero-order valence-corrected chi connectivity index (χ0v) is 12.4. The van der Waals surface area contributed by atoms with E-state index in [-0.39, 0.29) is 0 Å². The lowest BCUT2D eigenvalue weighted by molar-refractivity contribution is 1.04. The summed E-state index contributed by atoms with van der Waals surface area (Å²) in [4.78, 5) is 5.59. The Morgan fingerprint density at radius 3 is 2.33 bits per heavy atom. The Labute approximate surface area is 117 Å². The number of hydrogen-bond donors (Lipinski definition) is 1. The number of aryl methyl sites for hydroxylation is 2. The minimum Gasteiger partial charge on any atom is -0.325 e. The second-order valence-electron chi connectivity index (χ2n) is 4.07. The number of rotatable bonds is 5. The van der Waals surface area contributed by atoms with Crippen molar-refractivity contribution in [3.8, 4) is 0 Å². The number of aromatic nitrogens is 1. The van der Waals surface area contributed by atoms with Gasteiger partial charge >= 0.3 is 0 Å². The number of hydrogen-bond acceptors (Lipinski definition) is 4. The smallest absolute Gasteiger partial charge is 0.107 e. The fourth-order valence-electron chi connectivity index (χ4n) is 1.75. The molecule has 4 heteroatoms. The van der Waals surface area contributed by atoms with Crippen LogP contribution in [0.4, 0.5) is 0 Å². The molecular formula is C14H18N2S2. The van der Waals surface area contributed by atoms with Crippen molar-refractivity contribution in [1.82, 2.24) is 4.98 Å². The molecule has 18 heavy (non-hydrogen) atoms. The van der Waals surface area contributed by atoms with E-state index < -0.39 is 0 Å². The van der Waals surface area contributed by atoms with E-state index in [0.717, 1.165) is 17.8 Å². The molecule has 0 aliphatic rings. The molecule has 0 unspecified atom stereocenters. The van der Waals surface area contributed by atoms with Gasteiger partial charge in [-0.1, -0.05) is 31.7 Å². The summed E-state index contributed by atoms with van der Waals surface area (Å²) in [7, 11) is 0. The van der Waals surface area contributed by atoms with Crippen molar-refractivity contribution < 1.29 is 0 Å². The molecule has 0 aliphatic carbocycles. The Morgan fingerprint density at radius 2 is 1.83 bits per heavy atom. The Balaban J connectivity index is 2.22. The van der Waals surface area contributed by atoms with Gasteiger partial charge in [-0.15, -0.1) is 11.3 Å². The first-order chi connectivity index (χ1) is 8.75. The van der Waals surface area contributed by atoms with Gasteiger partial charge in [0, 0.05) is 11.4 Å². The van der Waals surface area contributed by atoms with Crippen molar-refractivity contribution in [2.24, 2.45) is 5.73 Å². The topological polar surface area (TPSA) is 38.9 Å². The molecule has 0 saturated carbocycles. The maximum absolute atomic E-state index is 5.59. The quantitative estimate of drug-likeness (QED) is 0.902. The third kappa shape index (κ3) is 3.34. The van der Waals surface area contributed by atoms with Crippen molar-refractivity contribution in [2.75, 3.05) is 0 Å². The lowest BCUT2D eigenvalue weighted by Crippen LogP contribution is -1.93. The molecule has 0 radical (unpaired) electrons. The van der Waals surface area contributed by atoms with Gasteiger partial charge in [0.05, 0.1) is 10.4 Å². The number of thiazole rings is 1. The summed E-state index contributed by atoms with van der Waals surface area (Å²) in [5.41, 5.74) is 8.39. The molecule has 0 fully saturated rings. The number of benzene rings is 1. The third-order valence-corrected chi connectivity index (χ3v) is 4.86. The van der Waals surface area contributed by atoms with Gasteiger partial charge in [0.2, 0.25) is 0 Å². The predicted molar refractivity (Wildman–Crippen MR) is 79.3 cm³/mol. The van der Waals surface area contributed by atoms with Crippen molar-refractivity contribution in [3.05, 3.63) is 40.5 Å². The molecule has 0 aliphatic heterocycles. The van der Waals surface area contributed by atoms with Gasteiger partial charge in [-0.2, -0.15) is 0 Å². The zero-order valence-electron chi connectivity index (χ0n) is 10.8. The molecular weight excluding hydrogens is 260 g/mol. The average molecular weight is 278 g/mol. The largest absolute Gasteiger partial charge is 0.325 e. The summed E-state index contributed by atoms with van der Waals surface area (Å²) in [6, 6.07) is 6.83. The molecule has 0 spiro atoms. The highest BCUT2D eigenvalue weighted by Crippen LogP contribution is 2.33. The van der Waals surface area contributed by atoms with Crippen molar-refractivity contribution in [2.45, 2.75) is 42.3 Å². The highest BCUT2D eigenvalue weighted by Gasteiger charge is 2.05. The van der Waals surface area contributed by atoms with E-state index in [1.54, 1.807) is 23.1 Å². The van der Waals surface area contributed by atoms with E-state index in [4.69, 9.17) is 5.73 Å². The van der Waals surface area contributed by atoms with Crippen LogP contribution in [0.15, 0.2) is 33.5 Å². The van der Waals surface area contributed by atoms with Gasteiger partial charge in [0.25, 0.3) is 0 Å². The lowest BCUT2D eigenvalue weighted by Gasteiger charge is -2.06. The molecule has 0 amide bonds. The van der Waals surface area contributed by atoms with Crippen LogP contribution in [-0.4, -0.2) is 4.98 Å². The van der Waals surface area contributed by atoms with Gasteiger partial charge in [-0.25, -0.2) is 4.98 Å². The standard InChI is InChI=1S/C14H18N2S2/c1-3-10-5-11(4-2)7-12(6-10)17-14-9-16-13(8-15)18-14/h5-7,9H,3-4,8,15H2,1-2H3. The molecule has 1 aromatic heterocycles. The Bertz CT molecular complexity index is 498. The second-order valence-corrected chi connectivity index (χ2v) is 6.56. The van der Waals surface area contributed by atoms with Crippen molar-refractivity contribution in [3.63, 3.8) is 0 Å². The van der Waals surface area contributed by atoms with Crippen LogP contribution in [0.2, 0.25) is 0 Å². The van der Waals surface area contributed by atoms with Crippen molar-refractivity contribution in [1.29, 1.82) is 0 Å². The zero-order chi connectivity index (χ0) is 13.0. The van der Waals surface area contributed by atoms with Crippen LogP contribution in [0, 0.1) is 0 Å². The van der Waals surface area contributed by atoms with E-state index in [1.807, 2.05) is 6.20 Å². The van der Waals surface area contributed by atoms with Crippen LogP contribution < -0.4 is 5.73 Å². The first kappa shape index (κ1) is 13.6. The third-order valence-electron chi connectivity index (χ3n) is 2.77. The Hall–Kier alpha value is -0.840. The Morgan fingerprint density at radius 1 is 1.17 bits per heavy atom. The van der Waals surface area contributed by atoms with Crippen LogP contribution in [-0.2, 0) is 19.4 Å². The van der Waals surface area contributed by atoms with Crippen LogP contribution in [0.3, 0.4) is 0 Å². The summed E-state index contributed by atoms with van der Waals surface area (Å²) < 4.78 is 1.21. The molecule has 2 N–H and O–H groups in total.